The minimum atomic E-state index is 0.577. The van der Waals surface area contributed by atoms with Crippen molar-refractivity contribution in [3.8, 4) is 0 Å². The first kappa shape index (κ1) is 12.5. The van der Waals surface area contributed by atoms with Gasteiger partial charge in [0.2, 0.25) is 0 Å². The van der Waals surface area contributed by atoms with Crippen LogP contribution >= 0.6 is 11.6 Å². The first-order valence-electron chi connectivity index (χ1n) is 5.45. The van der Waals surface area contributed by atoms with Crippen LogP contribution in [0.4, 0.5) is 0 Å². The Kier molecular flexibility index (Phi) is 5.06. The van der Waals surface area contributed by atoms with E-state index in [1.165, 1.54) is 0 Å². The van der Waals surface area contributed by atoms with Crippen LogP contribution in [0, 0.1) is 5.92 Å². The SMILES string of the molecule is CCN(Cc1cccc(Cl)n1)CC(C)C. The smallest absolute Gasteiger partial charge is 0.129 e. The molecule has 84 valence electrons. The van der Waals surface area contributed by atoms with E-state index in [1.54, 1.807) is 0 Å². The number of halogens is 1. The van der Waals surface area contributed by atoms with Gasteiger partial charge in [0, 0.05) is 13.1 Å². The van der Waals surface area contributed by atoms with Crippen LogP contribution in [0.1, 0.15) is 26.5 Å². The highest BCUT2D eigenvalue weighted by Gasteiger charge is 2.06. The lowest BCUT2D eigenvalue weighted by Gasteiger charge is -2.21. The van der Waals surface area contributed by atoms with Crippen LogP contribution in [0.15, 0.2) is 18.2 Å². The van der Waals surface area contributed by atoms with Crippen molar-refractivity contribution in [2.75, 3.05) is 13.1 Å². The molecule has 0 aliphatic carbocycles. The fourth-order valence-corrected chi connectivity index (χ4v) is 1.77. The van der Waals surface area contributed by atoms with Crippen LogP contribution in [0.2, 0.25) is 5.15 Å². The summed E-state index contributed by atoms with van der Waals surface area (Å²) in [7, 11) is 0. The Balaban J connectivity index is 2.58. The highest BCUT2D eigenvalue weighted by molar-refractivity contribution is 6.29. The number of aromatic nitrogens is 1. The van der Waals surface area contributed by atoms with Gasteiger partial charge in [0.05, 0.1) is 5.69 Å². The van der Waals surface area contributed by atoms with Gasteiger partial charge in [0.1, 0.15) is 5.15 Å². The molecule has 15 heavy (non-hydrogen) atoms. The molecule has 0 aromatic carbocycles. The summed E-state index contributed by atoms with van der Waals surface area (Å²) in [5.41, 5.74) is 1.05. The average Bonchev–Trinajstić information content (AvgIpc) is 2.16. The minimum absolute atomic E-state index is 0.577. The summed E-state index contributed by atoms with van der Waals surface area (Å²) in [6, 6.07) is 5.78. The van der Waals surface area contributed by atoms with Crippen LogP contribution in [-0.4, -0.2) is 23.0 Å². The van der Waals surface area contributed by atoms with Crippen LogP contribution in [0.25, 0.3) is 0 Å². The number of rotatable bonds is 5. The van der Waals surface area contributed by atoms with E-state index in [0.29, 0.717) is 11.1 Å². The molecule has 0 spiro atoms. The van der Waals surface area contributed by atoms with Gasteiger partial charge in [-0.1, -0.05) is 38.4 Å². The van der Waals surface area contributed by atoms with Crippen molar-refractivity contribution >= 4 is 11.6 Å². The molecule has 0 amide bonds. The molecular weight excluding hydrogens is 208 g/mol. The van der Waals surface area contributed by atoms with Gasteiger partial charge in [-0.05, 0) is 24.6 Å². The Morgan fingerprint density at radius 3 is 2.67 bits per heavy atom. The zero-order valence-electron chi connectivity index (χ0n) is 9.70. The van der Waals surface area contributed by atoms with Gasteiger partial charge in [0.15, 0.2) is 0 Å². The van der Waals surface area contributed by atoms with Crippen molar-refractivity contribution in [3.05, 3.63) is 29.0 Å². The number of pyridine rings is 1. The Morgan fingerprint density at radius 2 is 2.13 bits per heavy atom. The second-order valence-electron chi connectivity index (χ2n) is 4.17. The first-order valence-corrected chi connectivity index (χ1v) is 5.83. The van der Waals surface area contributed by atoms with Crippen LogP contribution in [0.3, 0.4) is 0 Å². The standard InChI is InChI=1S/C12H19ClN2/c1-4-15(8-10(2)3)9-11-6-5-7-12(13)14-11/h5-7,10H,4,8-9H2,1-3H3. The molecular formula is C12H19ClN2. The van der Waals surface area contributed by atoms with Gasteiger partial charge in [-0.3, -0.25) is 4.90 Å². The summed E-state index contributed by atoms with van der Waals surface area (Å²) in [6.45, 7) is 9.67. The van der Waals surface area contributed by atoms with Crippen molar-refractivity contribution in [3.63, 3.8) is 0 Å². The maximum Gasteiger partial charge on any atom is 0.129 e. The number of hydrogen-bond donors (Lipinski definition) is 0. The monoisotopic (exact) mass is 226 g/mol. The van der Waals surface area contributed by atoms with Crippen molar-refractivity contribution in [2.24, 2.45) is 5.92 Å². The van der Waals surface area contributed by atoms with Crippen molar-refractivity contribution < 1.29 is 0 Å². The molecule has 0 aliphatic rings. The third-order valence-electron chi connectivity index (χ3n) is 2.23. The molecule has 2 nitrogen and oxygen atoms in total. The van der Waals surface area contributed by atoms with E-state index in [4.69, 9.17) is 11.6 Å². The van der Waals surface area contributed by atoms with Crippen molar-refractivity contribution in [2.45, 2.75) is 27.3 Å². The summed E-state index contributed by atoms with van der Waals surface area (Å²) in [6.07, 6.45) is 0. The third kappa shape index (κ3) is 4.63. The van der Waals surface area contributed by atoms with Crippen LogP contribution in [-0.2, 0) is 6.54 Å². The molecule has 1 aromatic rings. The Labute approximate surface area is 97.3 Å². The summed E-state index contributed by atoms with van der Waals surface area (Å²) in [5, 5.41) is 0.577. The molecule has 0 radical (unpaired) electrons. The van der Waals surface area contributed by atoms with Gasteiger partial charge in [-0.25, -0.2) is 4.98 Å². The summed E-state index contributed by atoms with van der Waals surface area (Å²) in [5.74, 6) is 0.684. The van der Waals surface area contributed by atoms with E-state index < -0.39 is 0 Å². The zero-order chi connectivity index (χ0) is 11.3. The Hall–Kier alpha value is -0.600. The summed E-state index contributed by atoms with van der Waals surface area (Å²) >= 11 is 5.85. The normalized spacial score (nSPS) is 11.3. The second kappa shape index (κ2) is 6.09. The lowest BCUT2D eigenvalue weighted by Crippen LogP contribution is -2.27. The molecule has 3 heteroatoms. The highest BCUT2D eigenvalue weighted by atomic mass is 35.5. The van der Waals surface area contributed by atoms with E-state index in [-0.39, 0.29) is 0 Å². The van der Waals surface area contributed by atoms with E-state index in [0.717, 1.165) is 25.3 Å². The maximum atomic E-state index is 5.85. The van der Waals surface area contributed by atoms with E-state index >= 15 is 0 Å². The third-order valence-corrected chi connectivity index (χ3v) is 2.44. The topological polar surface area (TPSA) is 16.1 Å². The molecule has 1 heterocycles. The quantitative estimate of drug-likeness (QED) is 0.717. The summed E-state index contributed by atoms with van der Waals surface area (Å²) in [4.78, 5) is 6.67. The molecule has 0 saturated carbocycles. The van der Waals surface area contributed by atoms with E-state index in [1.807, 2.05) is 18.2 Å². The fourth-order valence-electron chi connectivity index (χ4n) is 1.59. The van der Waals surface area contributed by atoms with E-state index in [9.17, 15) is 0 Å². The highest BCUT2D eigenvalue weighted by Crippen LogP contribution is 2.08. The molecule has 1 rings (SSSR count). The summed E-state index contributed by atoms with van der Waals surface area (Å²) < 4.78 is 0. The zero-order valence-corrected chi connectivity index (χ0v) is 10.5. The molecule has 0 aliphatic heterocycles. The maximum absolute atomic E-state index is 5.85. The number of hydrogen-bond acceptors (Lipinski definition) is 2. The van der Waals surface area contributed by atoms with E-state index in [2.05, 4.69) is 30.7 Å². The molecule has 0 atom stereocenters. The predicted octanol–water partition coefficient (Wildman–Crippen LogP) is 3.21. The minimum Gasteiger partial charge on any atom is -0.298 e. The molecule has 0 bridgehead atoms. The molecule has 0 N–H and O–H groups in total. The average molecular weight is 227 g/mol. The predicted molar refractivity (Wildman–Crippen MR) is 65.0 cm³/mol. The van der Waals surface area contributed by atoms with Crippen molar-refractivity contribution in [1.29, 1.82) is 0 Å². The van der Waals surface area contributed by atoms with Crippen LogP contribution in [0.5, 0.6) is 0 Å². The van der Waals surface area contributed by atoms with Crippen LogP contribution < -0.4 is 0 Å². The Morgan fingerprint density at radius 1 is 1.40 bits per heavy atom. The second-order valence-corrected chi connectivity index (χ2v) is 4.56. The van der Waals surface area contributed by atoms with Gasteiger partial charge >= 0.3 is 0 Å². The van der Waals surface area contributed by atoms with Gasteiger partial charge in [-0.2, -0.15) is 0 Å². The Bertz CT molecular complexity index is 299. The lowest BCUT2D eigenvalue weighted by atomic mass is 10.2. The molecule has 0 fully saturated rings. The first-order chi connectivity index (χ1) is 7.11. The largest absolute Gasteiger partial charge is 0.298 e. The fraction of sp³-hybridized carbons (Fsp3) is 0.583. The van der Waals surface area contributed by atoms with Gasteiger partial charge in [-0.15, -0.1) is 0 Å². The lowest BCUT2D eigenvalue weighted by molar-refractivity contribution is 0.245. The molecule has 0 saturated heterocycles. The van der Waals surface area contributed by atoms with Crippen molar-refractivity contribution in [1.82, 2.24) is 9.88 Å². The van der Waals surface area contributed by atoms with Gasteiger partial charge in [0.25, 0.3) is 0 Å². The number of nitrogens with zero attached hydrogens (tertiary/aromatic N) is 2. The molecule has 0 unspecified atom stereocenters. The molecule has 1 aromatic heterocycles. The van der Waals surface area contributed by atoms with Gasteiger partial charge < -0.3 is 0 Å².